The van der Waals surface area contributed by atoms with E-state index in [1.54, 1.807) is 6.08 Å². The van der Waals surface area contributed by atoms with Crippen molar-refractivity contribution in [2.24, 2.45) is 0 Å². The van der Waals surface area contributed by atoms with Gasteiger partial charge in [0.15, 0.2) is 0 Å². The van der Waals surface area contributed by atoms with Crippen molar-refractivity contribution < 1.29 is 22.8 Å². The Morgan fingerprint density at radius 3 is 2.41 bits per heavy atom. The minimum atomic E-state index is -4.47. The third-order valence-corrected chi connectivity index (χ3v) is 5.12. The monoisotopic (exact) mass is 421 g/mol. The van der Waals surface area contributed by atoms with Crippen LogP contribution >= 0.6 is 11.8 Å². The first-order valence-electron chi connectivity index (χ1n) is 8.59. The van der Waals surface area contributed by atoms with Gasteiger partial charge in [0.2, 0.25) is 0 Å². The van der Waals surface area contributed by atoms with E-state index in [1.807, 2.05) is 43.3 Å². The lowest BCUT2D eigenvalue weighted by molar-refractivity contribution is -0.137. The lowest BCUT2D eigenvalue weighted by Gasteiger charge is -2.15. The Hall–Kier alpha value is -2.94. The van der Waals surface area contributed by atoms with Crippen LogP contribution < -0.4 is 10.2 Å². The standard InChI is InChI=1S/C20H18F3N3O2S/c1-25(2)16-8-6-13(7-9-16)10-17-18(27)26(19(28)29-17)12-24-15-5-3-4-14(11-15)20(21,22)23/h3-11,24H,12H2,1-2H3/b17-10+. The zero-order valence-electron chi connectivity index (χ0n) is 15.7. The quantitative estimate of drug-likeness (QED) is 0.698. The van der Waals surface area contributed by atoms with Gasteiger partial charge in [0.1, 0.15) is 0 Å². The average molecular weight is 421 g/mol. The third-order valence-electron chi connectivity index (χ3n) is 4.21. The second-order valence-electron chi connectivity index (χ2n) is 6.51. The van der Waals surface area contributed by atoms with Crippen molar-refractivity contribution in [1.29, 1.82) is 0 Å². The zero-order valence-corrected chi connectivity index (χ0v) is 16.5. The molecule has 0 atom stereocenters. The van der Waals surface area contributed by atoms with Crippen LogP contribution in [0.3, 0.4) is 0 Å². The summed E-state index contributed by atoms with van der Waals surface area (Å²) in [5.74, 6) is -0.490. The first kappa shape index (κ1) is 20.8. The summed E-state index contributed by atoms with van der Waals surface area (Å²) < 4.78 is 38.4. The van der Waals surface area contributed by atoms with Gasteiger partial charge < -0.3 is 10.2 Å². The van der Waals surface area contributed by atoms with Crippen molar-refractivity contribution in [2.75, 3.05) is 31.0 Å². The maximum atomic E-state index is 12.8. The first-order valence-corrected chi connectivity index (χ1v) is 9.41. The molecule has 1 heterocycles. The summed E-state index contributed by atoms with van der Waals surface area (Å²) in [7, 11) is 3.83. The molecule has 9 heteroatoms. The Labute approximate surface area is 170 Å². The van der Waals surface area contributed by atoms with Crippen molar-refractivity contribution in [3.05, 3.63) is 64.6 Å². The van der Waals surface area contributed by atoms with Gasteiger partial charge >= 0.3 is 6.18 Å². The molecule has 2 amide bonds. The number of anilines is 2. The number of amides is 2. The second-order valence-corrected chi connectivity index (χ2v) is 7.50. The van der Waals surface area contributed by atoms with Crippen molar-refractivity contribution in [1.82, 2.24) is 4.90 Å². The Kier molecular flexibility index (Phi) is 5.88. The smallest absolute Gasteiger partial charge is 0.378 e. The average Bonchev–Trinajstić information content (AvgIpc) is 2.93. The van der Waals surface area contributed by atoms with Gasteiger partial charge in [-0.05, 0) is 53.7 Å². The Balaban J connectivity index is 1.69. The molecule has 0 spiro atoms. The van der Waals surface area contributed by atoms with Crippen molar-refractivity contribution in [3.63, 3.8) is 0 Å². The summed E-state index contributed by atoms with van der Waals surface area (Å²) >= 11 is 0.798. The van der Waals surface area contributed by atoms with E-state index in [2.05, 4.69) is 5.32 Å². The second kappa shape index (κ2) is 8.20. The van der Waals surface area contributed by atoms with Crippen LogP contribution in [0.4, 0.5) is 29.3 Å². The summed E-state index contributed by atoms with van der Waals surface area (Å²) in [6.07, 6.45) is -2.85. The minimum absolute atomic E-state index is 0.169. The number of thioether (sulfide) groups is 1. The van der Waals surface area contributed by atoms with Crippen LogP contribution in [-0.2, 0) is 11.0 Å². The summed E-state index contributed by atoms with van der Waals surface area (Å²) in [5.41, 5.74) is 1.13. The number of nitrogens with one attached hydrogen (secondary N) is 1. The normalized spacial score (nSPS) is 15.9. The molecule has 0 unspecified atom stereocenters. The van der Waals surface area contributed by atoms with E-state index in [1.165, 1.54) is 12.1 Å². The molecule has 2 aromatic carbocycles. The van der Waals surface area contributed by atoms with Crippen LogP contribution in [-0.4, -0.2) is 36.8 Å². The molecule has 0 bridgehead atoms. The SMILES string of the molecule is CN(C)c1ccc(/C=C2/SC(=O)N(CNc3cccc(C(F)(F)F)c3)C2=O)cc1. The highest BCUT2D eigenvalue weighted by atomic mass is 32.2. The highest BCUT2D eigenvalue weighted by molar-refractivity contribution is 8.18. The number of imide groups is 1. The molecule has 0 saturated carbocycles. The van der Waals surface area contributed by atoms with Crippen LogP contribution in [0.2, 0.25) is 0 Å². The fourth-order valence-electron chi connectivity index (χ4n) is 2.63. The first-order chi connectivity index (χ1) is 13.6. The zero-order chi connectivity index (χ0) is 21.2. The van der Waals surface area contributed by atoms with E-state index < -0.39 is 22.9 Å². The van der Waals surface area contributed by atoms with E-state index in [4.69, 9.17) is 0 Å². The van der Waals surface area contributed by atoms with Crippen LogP contribution in [0.15, 0.2) is 53.4 Å². The molecule has 0 radical (unpaired) electrons. The minimum Gasteiger partial charge on any atom is -0.378 e. The fourth-order valence-corrected chi connectivity index (χ4v) is 3.47. The Morgan fingerprint density at radius 1 is 1.10 bits per heavy atom. The molecule has 0 aromatic heterocycles. The highest BCUT2D eigenvalue weighted by Crippen LogP contribution is 2.33. The van der Waals surface area contributed by atoms with Crippen molar-refractivity contribution in [2.45, 2.75) is 6.18 Å². The highest BCUT2D eigenvalue weighted by Gasteiger charge is 2.35. The van der Waals surface area contributed by atoms with Gasteiger partial charge in [-0.15, -0.1) is 0 Å². The number of rotatable bonds is 5. The fraction of sp³-hybridized carbons (Fsp3) is 0.200. The number of nitrogens with zero attached hydrogens (tertiary/aromatic N) is 2. The van der Waals surface area contributed by atoms with E-state index in [0.29, 0.717) is 0 Å². The van der Waals surface area contributed by atoms with Crippen LogP contribution in [0.1, 0.15) is 11.1 Å². The van der Waals surface area contributed by atoms with Crippen LogP contribution in [0, 0.1) is 0 Å². The predicted octanol–water partition coefficient (Wildman–Crippen LogP) is 4.88. The molecule has 29 heavy (non-hydrogen) atoms. The molecule has 1 aliphatic rings. The molecule has 0 aliphatic carbocycles. The summed E-state index contributed by atoms with van der Waals surface area (Å²) in [4.78, 5) is 27.9. The van der Waals surface area contributed by atoms with Crippen LogP contribution in [0.5, 0.6) is 0 Å². The number of benzene rings is 2. The maximum absolute atomic E-state index is 12.8. The van der Waals surface area contributed by atoms with Gasteiger partial charge in [0.05, 0.1) is 17.1 Å². The van der Waals surface area contributed by atoms with E-state index in [9.17, 15) is 22.8 Å². The molecular weight excluding hydrogens is 403 g/mol. The van der Waals surface area contributed by atoms with Gasteiger partial charge in [-0.2, -0.15) is 13.2 Å². The summed E-state index contributed by atoms with van der Waals surface area (Å²) in [6, 6.07) is 12.1. The summed E-state index contributed by atoms with van der Waals surface area (Å²) in [6.45, 7) is -0.219. The molecule has 3 rings (SSSR count). The number of halogens is 3. The molecular formula is C20H18F3N3O2S. The number of carbonyl (C=O) groups excluding carboxylic acids is 2. The molecule has 2 aromatic rings. The number of hydrogen-bond acceptors (Lipinski definition) is 5. The molecule has 152 valence electrons. The van der Waals surface area contributed by atoms with Crippen molar-refractivity contribution in [3.8, 4) is 0 Å². The lowest BCUT2D eigenvalue weighted by atomic mass is 10.2. The van der Waals surface area contributed by atoms with Gasteiger partial charge in [0, 0.05) is 25.5 Å². The third kappa shape index (κ3) is 4.92. The topological polar surface area (TPSA) is 52.7 Å². The summed E-state index contributed by atoms with van der Waals surface area (Å²) in [5, 5.41) is 2.22. The number of carbonyl (C=O) groups is 2. The van der Waals surface area contributed by atoms with Crippen molar-refractivity contribution >= 4 is 40.4 Å². The van der Waals surface area contributed by atoms with E-state index in [-0.39, 0.29) is 17.3 Å². The lowest BCUT2D eigenvalue weighted by Crippen LogP contribution is -2.33. The Morgan fingerprint density at radius 2 is 1.79 bits per heavy atom. The predicted molar refractivity (Wildman–Crippen MR) is 109 cm³/mol. The molecule has 5 nitrogen and oxygen atoms in total. The van der Waals surface area contributed by atoms with E-state index >= 15 is 0 Å². The molecule has 1 aliphatic heterocycles. The largest absolute Gasteiger partial charge is 0.416 e. The number of alkyl halides is 3. The maximum Gasteiger partial charge on any atom is 0.416 e. The molecule has 1 N–H and O–H groups in total. The van der Waals surface area contributed by atoms with Crippen LogP contribution in [0.25, 0.3) is 6.08 Å². The molecule has 1 saturated heterocycles. The van der Waals surface area contributed by atoms with Gasteiger partial charge in [-0.25, -0.2) is 0 Å². The van der Waals surface area contributed by atoms with E-state index in [0.717, 1.165) is 40.0 Å². The Bertz CT molecular complexity index is 956. The van der Waals surface area contributed by atoms with Gasteiger partial charge in [-0.1, -0.05) is 18.2 Å². The van der Waals surface area contributed by atoms with Gasteiger partial charge in [0.25, 0.3) is 11.1 Å². The number of hydrogen-bond donors (Lipinski definition) is 1. The molecule has 1 fully saturated rings. The van der Waals surface area contributed by atoms with Gasteiger partial charge in [-0.3, -0.25) is 14.5 Å².